The Hall–Kier alpha value is -2.56. The number of nitrogens with two attached hydrogens (primary N) is 1. The molecule has 2 aromatic rings. The van der Waals surface area contributed by atoms with Crippen molar-refractivity contribution in [1.82, 2.24) is 4.90 Å². The van der Waals surface area contributed by atoms with Crippen molar-refractivity contribution in [2.24, 2.45) is 0 Å². The van der Waals surface area contributed by atoms with E-state index in [4.69, 9.17) is 5.73 Å². The van der Waals surface area contributed by atoms with Gasteiger partial charge in [0, 0.05) is 43.1 Å². The summed E-state index contributed by atoms with van der Waals surface area (Å²) in [5, 5.41) is 0. The van der Waals surface area contributed by atoms with Crippen LogP contribution in [0.15, 0.2) is 48.5 Å². The predicted octanol–water partition coefficient (Wildman–Crippen LogP) is 2.37. The molecule has 1 aliphatic heterocycles. The van der Waals surface area contributed by atoms with Crippen LogP contribution in [0.1, 0.15) is 10.4 Å². The van der Waals surface area contributed by atoms with Gasteiger partial charge in [-0.1, -0.05) is 0 Å². The van der Waals surface area contributed by atoms with Gasteiger partial charge in [0.05, 0.1) is 0 Å². The molecule has 2 N–H and O–H groups in total. The molecule has 0 spiro atoms. The summed E-state index contributed by atoms with van der Waals surface area (Å²) in [6.07, 6.45) is 0. The number of hydrogen-bond acceptors (Lipinski definition) is 3. The molecule has 114 valence electrons. The minimum atomic E-state index is -0.235. The van der Waals surface area contributed by atoms with Crippen LogP contribution in [0, 0.1) is 5.82 Å². The summed E-state index contributed by atoms with van der Waals surface area (Å²) in [4.78, 5) is 16.4. The van der Waals surface area contributed by atoms with E-state index in [1.807, 2.05) is 4.90 Å². The molecule has 5 heteroatoms. The van der Waals surface area contributed by atoms with Gasteiger partial charge >= 0.3 is 0 Å². The summed E-state index contributed by atoms with van der Waals surface area (Å²) in [7, 11) is 0. The van der Waals surface area contributed by atoms with Gasteiger partial charge in [-0.2, -0.15) is 0 Å². The van der Waals surface area contributed by atoms with Crippen LogP contribution in [-0.2, 0) is 0 Å². The fraction of sp³-hybridized carbons (Fsp3) is 0.235. The first kappa shape index (κ1) is 14.4. The van der Waals surface area contributed by atoms with Crippen LogP contribution >= 0.6 is 0 Å². The molecule has 0 atom stereocenters. The third kappa shape index (κ3) is 3.03. The number of anilines is 2. The summed E-state index contributed by atoms with van der Waals surface area (Å²) < 4.78 is 13.0. The maximum atomic E-state index is 13.0. The number of halogens is 1. The first-order valence-corrected chi connectivity index (χ1v) is 7.29. The average Bonchev–Trinajstić information content (AvgIpc) is 2.56. The zero-order chi connectivity index (χ0) is 15.5. The molecule has 1 aliphatic rings. The van der Waals surface area contributed by atoms with E-state index in [-0.39, 0.29) is 11.7 Å². The Morgan fingerprint density at radius 1 is 0.909 bits per heavy atom. The van der Waals surface area contributed by atoms with E-state index in [1.54, 1.807) is 36.4 Å². The van der Waals surface area contributed by atoms with Gasteiger partial charge in [-0.05, 0) is 48.5 Å². The van der Waals surface area contributed by atoms with Crippen LogP contribution in [0.3, 0.4) is 0 Å². The van der Waals surface area contributed by atoms with Crippen molar-refractivity contribution in [1.29, 1.82) is 0 Å². The number of nitrogens with zero attached hydrogens (tertiary/aromatic N) is 2. The van der Waals surface area contributed by atoms with Crippen molar-refractivity contribution >= 4 is 17.3 Å². The summed E-state index contributed by atoms with van der Waals surface area (Å²) in [6, 6.07) is 13.4. The molecule has 4 nitrogen and oxygen atoms in total. The number of carbonyl (C=O) groups excluding carboxylic acids is 1. The zero-order valence-electron chi connectivity index (χ0n) is 12.2. The van der Waals surface area contributed by atoms with Crippen LogP contribution in [0.5, 0.6) is 0 Å². The molecule has 0 saturated carbocycles. The van der Waals surface area contributed by atoms with Crippen LogP contribution in [0.4, 0.5) is 15.8 Å². The maximum Gasteiger partial charge on any atom is 0.253 e. The van der Waals surface area contributed by atoms with E-state index >= 15 is 0 Å². The number of amides is 1. The van der Waals surface area contributed by atoms with E-state index < -0.39 is 0 Å². The Labute approximate surface area is 128 Å². The second-order valence-electron chi connectivity index (χ2n) is 5.38. The third-order valence-electron chi connectivity index (χ3n) is 3.92. The van der Waals surface area contributed by atoms with Gasteiger partial charge < -0.3 is 15.5 Å². The predicted molar refractivity (Wildman–Crippen MR) is 85.4 cm³/mol. The quantitative estimate of drug-likeness (QED) is 0.866. The number of piperazine rings is 1. The topological polar surface area (TPSA) is 49.6 Å². The zero-order valence-corrected chi connectivity index (χ0v) is 12.2. The van der Waals surface area contributed by atoms with Gasteiger partial charge in [0.1, 0.15) is 5.82 Å². The number of nitrogen functional groups attached to an aromatic ring is 1. The average molecular weight is 299 g/mol. The molecule has 1 heterocycles. The lowest BCUT2D eigenvalue weighted by Crippen LogP contribution is -2.48. The Bertz CT molecular complexity index is 647. The molecule has 0 unspecified atom stereocenters. The Morgan fingerprint density at radius 2 is 1.50 bits per heavy atom. The fourth-order valence-corrected chi connectivity index (χ4v) is 2.63. The van der Waals surface area contributed by atoms with Crippen molar-refractivity contribution in [2.45, 2.75) is 0 Å². The highest BCUT2D eigenvalue weighted by atomic mass is 19.1. The van der Waals surface area contributed by atoms with Crippen LogP contribution in [0.25, 0.3) is 0 Å². The highest BCUT2D eigenvalue weighted by Gasteiger charge is 2.22. The summed E-state index contributed by atoms with van der Waals surface area (Å²) in [5.41, 5.74) is 7.93. The lowest BCUT2D eigenvalue weighted by atomic mass is 10.1. The molecule has 0 bridgehead atoms. The SMILES string of the molecule is Nc1ccc(C(=O)N2CCN(c3ccc(F)cc3)CC2)cc1. The van der Waals surface area contributed by atoms with Crippen LogP contribution < -0.4 is 10.6 Å². The lowest BCUT2D eigenvalue weighted by molar-refractivity contribution is 0.0747. The Kier molecular flexibility index (Phi) is 3.96. The maximum absolute atomic E-state index is 13.0. The largest absolute Gasteiger partial charge is 0.399 e. The van der Waals surface area contributed by atoms with E-state index in [0.717, 1.165) is 18.8 Å². The van der Waals surface area contributed by atoms with Crippen molar-refractivity contribution in [3.63, 3.8) is 0 Å². The van der Waals surface area contributed by atoms with Crippen molar-refractivity contribution in [2.75, 3.05) is 36.8 Å². The van der Waals surface area contributed by atoms with E-state index in [1.165, 1.54) is 12.1 Å². The van der Waals surface area contributed by atoms with E-state index in [2.05, 4.69) is 4.90 Å². The number of hydrogen-bond donors (Lipinski definition) is 1. The van der Waals surface area contributed by atoms with Crippen molar-refractivity contribution < 1.29 is 9.18 Å². The number of carbonyl (C=O) groups is 1. The minimum Gasteiger partial charge on any atom is -0.399 e. The molecule has 22 heavy (non-hydrogen) atoms. The fourth-order valence-electron chi connectivity index (χ4n) is 2.63. The smallest absolute Gasteiger partial charge is 0.253 e. The molecule has 0 aromatic heterocycles. The van der Waals surface area contributed by atoms with E-state index in [0.29, 0.717) is 24.3 Å². The molecular weight excluding hydrogens is 281 g/mol. The van der Waals surface area contributed by atoms with Gasteiger partial charge in [0.15, 0.2) is 0 Å². The highest BCUT2D eigenvalue weighted by molar-refractivity contribution is 5.94. The second kappa shape index (κ2) is 6.05. The standard InChI is InChI=1S/C17H18FN3O/c18-14-3-7-16(8-4-14)20-9-11-21(12-10-20)17(22)13-1-5-15(19)6-2-13/h1-8H,9-12,19H2. The summed E-state index contributed by atoms with van der Waals surface area (Å²) in [6.45, 7) is 2.79. The molecule has 1 fully saturated rings. The molecule has 3 rings (SSSR count). The van der Waals surface area contributed by atoms with Gasteiger partial charge in [-0.25, -0.2) is 4.39 Å². The lowest BCUT2D eigenvalue weighted by Gasteiger charge is -2.36. The second-order valence-corrected chi connectivity index (χ2v) is 5.38. The first-order chi connectivity index (χ1) is 10.6. The number of benzene rings is 2. The van der Waals surface area contributed by atoms with Gasteiger partial charge in [-0.3, -0.25) is 4.79 Å². The van der Waals surface area contributed by atoms with Crippen LogP contribution in [0.2, 0.25) is 0 Å². The normalized spacial score (nSPS) is 15.0. The Morgan fingerprint density at radius 3 is 2.09 bits per heavy atom. The van der Waals surface area contributed by atoms with Gasteiger partial charge in [0.2, 0.25) is 0 Å². The molecular formula is C17H18FN3O. The van der Waals surface area contributed by atoms with Crippen molar-refractivity contribution in [3.8, 4) is 0 Å². The van der Waals surface area contributed by atoms with Crippen molar-refractivity contribution in [3.05, 3.63) is 59.9 Å². The Balaban J connectivity index is 1.62. The molecule has 0 radical (unpaired) electrons. The van der Waals surface area contributed by atoms with Crippen LogP contribution in [-0.4, -0.2) is 37.0 Å². The molecule has 1 amide bonds. The summed E-state index contributed by atoms with van der Waals surface area (Å²) in [5.74, 6) is -0.209. The molecule has 0 aliphatic carbocycles. The third-order valence-corrected chi connectivity index (χ3v) is 3.92. The molecule has 1 saturated heterocycles. The first-order valence-electron chi connectivity index (χ1n) is 7.29. The van der Waals surface area contributed by atoms with Gasteiger partial charge in [-0.15, -0.1) is 0 Å². The molecule has 2 aromatic carbocycles. The number of rotatable bonds is 2. The minimum absolute atomic E-state index is 0.0266. The monoisotopic (exact) mass is 299 g/mol. The highest BCUT2D eigenvalue weighted by Crippen LogP contribution is 2.18. The van der Waals surface area contributed by atoms with Gasteiger partial charge in [0.25, 0.3) is 5.91 Å². The van der Waals surface area contributed by atoms with E-state index in [9.17, 15) is 9.18 Å². The summed E-state index contributed by atoms with van der Waals surface area (Å²) >= 11 is 0.